The highest BCUT2D eigenvalue weighted by molar-refractivity contribution is 7.17. The SMILES string of the molecule is COCc1nc(CNC(=O)c2ccc(Cl)s2)cn1-c1ccc(N2CCOCC2=O)c(C)c1. The van der Waals surface area contributed by atoms with Crippen molar-refractivity contribution in [2.45, 2.75) is 20.1 Å². The summed E-state index contributed by atoms with van der Waals surface area (Å²) in [5, 5.41) is 2.87. The fraction of sp³-hybridized carbons (Fsp3) is 0.318. The van der Waals surface area contributed by atoms with E-state index in [9.17, 15) is 9.59 Å². The van der Waals surface area contributed by atoms with Crippen LogP contribution in [0.2, 0.25) is 4.34 Å². The number of morpholine rings is 1. The second-order valence-electron chi connectivity index (χ2n) is 7.31. The van der Waals surface area contributed by atoms with Crippen molar-refractivity contribution in [3.05, 3.63) is 62.8 Å². The summed E-state index contributed by atoms with van der Waals surface area (Å²) in [6.07, 6.45) is 1.88. The topological polar surface area (TPSA) is 85.7 Å². The van der Waals surface area contributed by atoms with Gasteiger partial charge in [0.1, 0.15) is 19.0 Å². The average Bonchev–Trinajstić information content (AvgIpc) is 3.39. The predicted molar refractivity (Wildman–Crippen MR) is 123 cm³/mol. The number of carbonyl (C=O) groups is 2. The molecule has 0 unspecified atom stereocenters. The number of carbonyl (C=O) groups excluding carboxylic acids is 2. The fourth-order valence-corrected chi connectivity index (χ4v) is 4.53. The smallest absolute Gasteiger partial charge is 0.261 e. The lowest BCUT2D eigenvalue weighted by Gasteiger charge is -2.28. The second kappa shape index (κ2) is 9.83. The number of aryl methyl sites for hydroxylation is 1. The molecule has 1 saturated heterocycles. The van der Waals surface area contributed by atoms with E-state index in [1.807, 2.05) is 35.9 Å². The molecule has 10 heteroatoms. The van der Waals surface area contributed by atoms with Crippen molar-refractivity contribution in [1.29, 1.82) is 0 Å². The number of hydrogen-bond acceptors (Lipinski definition) is 6. The number of aromatic nitrogens is 2. The van der Waals surface area contributed by atoms with Crippen LogP contribution in [-0.2, 0) is 27.4 Å². The third-order valence-corrected chi connectivity index (χ3v) is 6.29. The molecule has 0 bridgehead atoms. The van der Waals surface area contributed by atoms with E-state index < -0.39 is 0 Å². The van der Waals surface area contributed by atoms with Crippen LogP contribution in [0.4, 0.5) is 5.69 Å². The summed E-state index contributed by atoms with van der Waals surface area (Å²) in [6.45, 7) is 3.74. The Morgan fingerprint density at radius 2 is 2.19 bits per heavy atom. The van der Waals surface area contributed by atoms with E-state index in [1.54, 1.807) is 24.1 Å². The molecule has 0 aliphatic carbocycles. The third kappa shape index (κ3) is 4.86. The van der Waals surface area contributed by atoms with Gasteiger partial charge in [-0.3, -0.25) is 9.59 Å². The highest BCUT2D eigenvalue weighted by Gasteiger charge is 2.22. The van der Waals surface area contributed by atoms with Crippen LogP contribution >= 0.6 is 22.9 Å². The Morgan fingerprint density at radius 3 is 2.88 bits per heavy atom. The van der Waals surface area contributed by atoms with Crippen molar-refractivity contribution in [2.24, 2.45) is 0 Å². The molecule has 2 amide bonds. The first kappa shape index (κ1) is 22.5. The number of methoxy groups -OCH3 is 1. The molecule has 4 rings (SSSR count). The van der Waals surface area contributed by atoms with Crippen molar-refractivity contribution in [1.82, 2.24) is 14.9 Å². The van der Waals surface area contributed by atoms with E-state index in [0.717, 1.165) is 16.9 Å². The summed E-state index contributed by atoms with van der Waals surface area (Å²) in [5.74, 6) is 0.477. The van der Waals surface area contributed by atoms with Crippen LogP contribution in [0.1, 0.15) is 26.8 Å². The van der Waals surface area contributed by atoms with E-state index in [0.29, 0.717) is 40.5 Å². The van der Waals surface area contributed by atoms with Crippen LogP contribution in [0.15, 0.2) is 36.5 Å². The van der Waals surface area contributed by atoms with Gasteiger partial charge in [-0.05, 0) is 42.8 Å². The molecule has 0 radical (unpaired) electrons. The highest BCUT2D eigenvalue weighted by atomic mass is 35.5. The first-order chi connectivity index (χ1) is 15.5. The van der Waals surface area contributed by atoms with Crippen molar-refractivity contribution < 1.29 is 19.1 Å². The molecule has 0 atom stereocenters. The number of anilines is 1. The van der Waals surface area contributed by atoms with Crippen LogP contribution in [-0.4, -0.2) is 48.2 Å². The fourth-order valence-electron chi connectivity index (χ4n) is 3.57. The highest BCUT2D eigenvalue weighted by Crippen LogP contribution is 2.26. The quantitative estimate of drug-likeness (QED) is 0.567. The molecule has 0 saturated carbocycles. The Morgan fingerprint density at radius 1 is 1.34 bits per heavy atom. The minimum atomic E-state index is -0.194. The number of ether oxygens (including phenoxy) is 2. The van der Waals surface area contributed by atoms with Gasteiger partial charge in [0, 0.05) is 31.2 Å². The zero-order valence-electron chi connectivity index (χ0n) is 17.8. The normalized spacial score (nSPS) is 14.1. The number of rotatable bonds is 7. The van der Waals surface area contributed by atoms with E-state index in [2.05, 4.69) is 10.3 Å². The van der Waals surface area contributed by atoms with Gasteiger partial charge in [0.15, 0.2) is 0 Å². The standard InChI is InChI=1S/C22H23ClN4O4S/c1-14-9-16(3-4-17(14)26-7-8-31-13-21(26)28)27-11-15(25-20(27)12-30-2)10-24-22(29)18-5-6-19(23)32-18/h3-6,9,11H,7-8,10,12-13H2,1-2H3,(H,24,29). The monoisotopic (exact) mass is 474 g/mol. The lowest BCUT2D eigenvalue weighted by Crippen LogP contribution is -2.42. The number of nitrogens with zero attached hydrogens (tertiary/aromatic N) is 3. The number of hydrogen-bond donors (Lipinski definition) is 1. The van der Waals surface area contributed by atoms with E-state index >= 15 is 0 Å². The Kier molecular flexibility index (Phi) is 6.90. The molecule has 32 heavy (non-hydrogen) atoms. The number of imidazole rings is 1. The van der Waals surface area contributed by atoms with Crippen LogP contribution in [0.25, 0.3) is 5.69 Å². The van der Waals surface area contributed by atoms with E-state index in [4.69, 9.17) is 21.1 Å². The summed E-state index contributed by atoms with van der Waals surface area (Å²) < 4.78 is 13.0. The maximum absolute atomic E-state index is 12.3. The van der Waals surface area contributed by atoms with Crippen molar-refractivity contribution in [3.8, 4) is 5.69 Å². The Balaban J connectivity index is 1.54. The van der Waals surface area contributed by atoms with Gasteiger partial charge >= 0.3 is 0 Å². The molecule has 1 aliphatic rings. The lowest BCUT2D eigenvalue weighted by molar-refractivity contribution is -0.125. The molecule has 1 aliphatic heterocycles. The summed E-state index contributed by atoms with van der Waals surface area (Å²) in [5.41, 5.74) is 3.45. The maximum Gasteiger partial charge on any atom is 0.261 e. The largest absolute Gasteiger partial charge is 0.377 e. The van der Waals surface area contributed by atoms with Crippen molar-refractivity contribution >= 4 is 40.4 Å². The molecular formula is C22H23ClN4O4S. The zero-order valence-corrected chi connectivity index (χ0v) is 19.3. The van der Waals surface area contributed by atoms with Crippen LogP contribution in [0.3, 0.4) is 0 Å². The van der Waals surface area contributed by atoms with Crippen molar-refractivity contribution in [2.75, 3.05) is 31.8 Å². The lowest BCUT2D eigenvalue weighted by atomic mass is 10.1. The summed E-state index contributed by atoms with van der Waals surface area (Å²) >= 11 is 7.14. The molecule has 0 spiro atoms. The average molecular weight is 475 g/mol. The van der Waals surface area contributed by atoms with Crippen molar-refractivity contribution in [3.63, 3.8) is 0 Å². The molecule has 1 N–H and O–H groups in total. The summed E-state index contributed by atoms with van der Waals surface area (Å²) in [7, 11) is 1.61. The van der Waals surface area contributed by atoms with Crippen LogP contribution < -0.4 is 10.2 Å². The molecule has 1 fully saturated rings. The molecule has 2 aromatic heterocycles. The van der Waals surface area contributed by atoms with Gasteiger partial charge < -0.3 is 24.3 Å². The van der Waals surface area contributed by atoms with Gasteiger partial charge in [-0.1, -0.05) is 11.6 Å². The number of benzene rings is 1. The maximum atomic E-state index is 12.3. The number of halogens is 1. The van der Waals surface area contributed by atoms with Crippen LogP contribution in [0.5, 0.6) is 0 Å². The summed E-state index contributed by atoms with van der Waals surface area (Å²) in [4.78, 5) is 31.4. The second-order valence-corrected chi connectivity index (χ2v) is 9.02. The first-order valence-electron chi connectivity index (χ1n) is 10.0. The zero-order chi connectivity index (χ0) is 22.7. The molecule has 3 heterocycles. The minimum Gasteiger partial charge on any atom is -0.377 e. The number of amides is 2. The van der Waals surface area contributed by atoms with E-state index in [1.165, 1.54) is 11.3 Å². The van der Waals surface area contributed by atoms with Gasteiger partial charge in [-0.25, -0.2) is 4.98 Å². The minimum absolute atomic E-state index is 0.0418. The van der Waals surface area contributed by atoms with E-state index in [-0.39, 0.29) is 25.0 Å². The van der Waals surface area contributed by atoms with Gasteiger partial charge in [0.25, 0.3) is 11.8 Å². The van der Waals surface area contributed by atoms with Gasteiger partial charge in [-0.15, -0.1) is 11.3 Å². The molecular weight excluding hydrogens is 452 g/mol. The van der Waals surface area contributed by atoms with Gasteiger partial charge in [-0.2, -0.15) is 0 Å². The molecule has 1 aromatic carbocycles. The Bertz CT molecular complexity index is 1140. The Hall–Kier alpha value is -2.72. The number of nitrogens with one attached hydrogen (secondary N) is 1. The molecule has 8 nitrogen and oxygen atoms in total. The third-order valence-electron chi connectivity index (χ3n) is 5.06. The van der Waals surface area contributed by atoms with Gasteiger partial charge in [0.2, 0.25) is 0 Å². The van der Waals surface area contributed by atoms with Gasteiger partial charge in [0.05, 0.1) is 28.1 Å². The van der Waals surface area contributed by atoms with Crippen LogP contribution in [0, 0.1) is 6.92 Å². The Labute approximate surface area is 194 Å². The molecule has 3 aromatic rings. The summed E-state index contributed by atoms with van der Waals surface area (Å²) in [6, 6.07) is 9.28. The predicted octanol–water partition coefficient (Wildman–Crippen LogP) is 3.34. The molecule has 168 valence electrons. The number of thiophene rings is 1. The first-order valence-corrected chi connectivity index (χ1v) is 11.2.